The maximum atomic E-state index is 14.0. The summed E-state index contributed by atoms with van der Waals surface area (Å²) in [6, 6.07) is 19.3. The molecule has 2 amide bonds. The molecule has 0 saturated heterocycles. The number of hydrogen-bond donors (Lipinski definition) is 1. The summed E-state index contributed by atoms with van der Waals surface area (Å²) in [5, 5.41) is 2.84. The Bertz CT molecular complexity index is 1390. The van der Waals surface area contributed by atoms with Gasteiger partial charge in [0.25, 0.3) is 10.0 Å². The van der Waals surface area contributed by atoms with Crippen LogP contribution in [0.15, 0.2) is 77.7 Å². The van der Waals surface area contributed by atoms with Crippen LogP contribution in [0.2, 0.25) is 0 Å². The van der Waals surface area contributed by atoms with Gasteiger partial charge in [0.2, 0.25) is 11.8 Å². The van der Waals surface area contributed by atoms with Gasteiger partial charge in [-0.05, 0) is 81.3 Å². The molecular weight excluding hydrogens is 542 g/mol. The normalized spacial score (nSPS) is 11.8. The lowest BCUT2D eigenvalue weighted by atomic mass is 10.1. The molecule has 0 saturated carbocycles. The molecule has 9 nitrogen and oxygen atoms in total. The van der Waals surface area contributed by atoms with Gasteiger partial charge in [-0.2, -0.15) is 0 Å². The molecule has 3 aromatic rings. The van der Waals surface area contributed by atoms with E-state index >= 15 is 0 Å². The Balaban J connectivity index is 2.00. The van der Waals surface area contributed by atoms with Crippen LogP contribution in [0.4, 0.5) is 5.69 Å². The fraction of sp³-hybridized carbons (Fsp3) is 0.355. The maximum absolute atomic E-state index is 14.0. The third-order valence-electron chi connectivity index (χ3n) is 6.55. The van der Waals surface area contributed by atoms with Gasteiger partial charge in [-0.1, -0.05) is 36.8 Å². The van der Waals surface area contributed by atoms with E-state index in [0.29, 0.717) is 30.3 Å². The predicted octanol–water partition coefficient (Wildman–Crippen LogP) is 4.54. The monoisotopic (exact) mass is 581 g/mol. The van der Waals surface area contributed by atoms with E-state index < -0.39 is 28.5 Å². The van der Waals surface area contributed by atoms with Crippen LogP contribution in [0.1, 0.15) is 38.3 Å². The molecule has 220 valence electrons. The summed E-state index contributed by atoms with van der Waals surface area (Å²) in [6.45, 7) is 7.85. The Kier molecular flexibility index (Phi) is 11.2. The number of benzene rings is 3. The van der Waals surface area contributed by atoms with Crippen LogP contribution in [0.25, 0.3) is 0 Å². The molecule has 10 heteroatoms. The first-order valence-corrected chi connectivity index (χ1v) is 15.1. The van der Waals surface area contributed by atoms with Crippen molar-refractivity contribution in [2.45, 2.75) is 51.6 Å². The van der Waals surface area contributed by atoms with Gasteiger partial charge in [0, 0.05) is 13.1 Å². The highest BCUT2D eigenvalue weighted by molar-refractivity contribution is 7.92. The molecule has 0 fully saturated rings. The second kappa shape index (κ2) is 14.5. The number of hydrogen-bond acceptors (Lipinski definition) is 6. The van der Waals surface area contributed by atoms with Gasteiger partial charge in [-0.3, -0.25) is 13.9 Å². The molecule has 1 atom stereocenters. The molecule has 0 heterocycles. The number of aryl methyl sites for hydroxylation is 1. The van der Waals surface area contributed by atoms with Crippen molar-refractivity contribution < 1.29 is 27.5 Å². The van der Waals surface area contributed by atoms with Crippen molar-refractivity contribution in [3.8, 4) is 11.5 Å². The Morgan fingerprint density at radius 3 is 2.07 bits per heavy atom. The van der Waals surface area contributed by atoms with Crippen LogP contribution in [-0.2, 0) is 26.2 Å². The number of nitrogens with zero attached hydrogens (tertiary/aromatic N) is 2. The SMILES string of the molecule is CCCNC(=O)C(C)N(Cc1ccc(OC)cc1)C(=O)CN(c1ccc(C)cc1)S(=O)(=O)c1ccc(OCC)cc1. The van der Waals surface area contributed by atoms with E-state index in [-0.39, 0.29) is 17.3 Å². The lowest BCUT2D eigenvalue weighted by Gasteiger charge is -2.32. The number of amides is 2. The van der Waals surface area contributed by atoms with Crippen LogP contribution in [0, 0.1) is 6.92 Å². The molecule has 1 unspecified atom stereocenters. The van der Waals surface area contributed by atoms with Gasteiger partial charge < -0.3 is 19.7 Å². The number of nitrogens with one attached hydrogen (secondary N) is 1. The molecular formula is C31H39N3O6S. The summed E-state index contributed by atoms with van der Waals surface area (Å²) < 4.78 is 39.7. The summed E-state index contributed by atoms with van der Waals surface area (Å²) in [7, 11) is -2.59. The molecule has 0 aliphatic rings. The number of carbonyl (C=O) groups is 2. The summed E-state index contributed by atoms with van der Waals surface area (Å²) in [6.07, 6.45) is 0.742. The molecule has 3 aromatic carbocycles. The molecule has 0 aliphatic heterocycles. The topological polar surface area (TPSA) is 105 Å². The minimum atomic E-state index is -4.16. The lowest BCUT2D eigenvalue weighted by molar-refractivity contribution is -0.139. The maximum Gasteiger partial charge on any atom is 0.264 e. The summed E-state index contributed by atoms with van der Waals surface area (Å²) in [4.78, 5) is 28.3. The average Bonchev–Trinajstić information content (AvgIpc) is 2.98. The van der Waals surface area contributed by atoms with Gasteiger partial charge in [-0.15, -0.1) is 0 Å². The summed E-state index contributed by atoms with van der Waals surface area (Å²) in [5.41, 5.74) is 2.05. The molecule has 0 radical (unpaired) electrons. The highest BCUT2D eigenvalue weighted by atomic mass is 32.2. The highest BCUT2D eigenvalue weighted by Crippen LogP contribution is 2.26. The first-order chi connectivity index (χ1) is 19.6. The zero-order valence-electron chi connectivity index (χ0n) is 24.3. The Morgan fingerprint density at radius 2 is 1.51 bits per heavy atom. The zero-order valence-corrected chi connectivity index (χ0v) is 25.1. The number of sulfonamides is 1. The largest absolute Gasteiger partial charge is 0.497 e. The van der Waals surface area contributed by atoms with Gasteiger partial charge in [-0.25, -0.2) is 8.42 Å². The van der Waals surface area contributed by atoms with Crippen LogP contribution >= 0.6 is 0 Å². The van der Waals surface area contributed by atoms with Crippen LogP contribution < -0.4 is 19.1 Å². The number of methoxy groups -OCH3 is 1. The van der Waals surface area contributed by atoms with Crippen molar-refractivity contribution >= 4 is 27.5 Å². The van der Waals surface area contributed by atoms with Crippen LogP contribution in [0.3, 0.4) is 0 Å². The first kappa shape index (κ1) is 31.5. The fourth-order valence-corrected chi connectivity index (χ4v) is 5.56. The van der Waals surface area contributed by atoms with E-state index in [2.05, 4.69) is 5.32 Å². The molecule has 0 aliphatic carbocycles. The zero-order chi connectivity index (χ0) is 30.0. The minimum absolute atomic E-state index is 0.0183. The van der Waals surface area contributed by atoms with Crippen molar-refractivity contribution in [3.05, 3.63) is 83.9 Å². The third kappa shape index (κ3) is 8.23. The van der Waals surface area contributed by atoms with Crippen molar-refractivity contribution in [2.24, 2.45) is 0 Å². The average molecular weight is 582 g/mol. The summed E-state index contributed by atoms with van der Waals surface area (Å²) >= 11 is 0. The smallest absolute Gasteiger partial charge is 0.264 e. The second-order valence-corrected chi connectivity index (χ2v) is 11.5. The third-order valence-corrected chi connectivity index (χ3v) is 8.34. The predicted molar refractivity (Wildman–Crippen MR) is 160 cm³/mol. The quantitative estimate of drug-likeness (QED) is 0.300. The van der Waals surface area contributed by atoms with Crippen molar-refractivity contribution in [1.29, 1.82) is 0 Å². The van der Waals surface area contributed by atoms with Gasteiger partial charge in [0.1, 0.15) is 24.1 Å². The molecule has 3 rings (SSSR count). The van der Waals surface area contributed by atoms with Crippen molar-refractivity contribution in [3.63, 3.8) is 0 Å². The van der Waals surface area contributed by atoms with Gasteiger partial charge in [0.15, 0.2) is 0 Å². The second-order valence-electron chi connectivity index (χ2n) is 9.59. The Labute approximate surface area is 243 Å². The van der Waals surface area contributed by atoms with Crippen LogP contribution in [-0.4, -0.2) is 58.0 Å². The fourth-order valence-electron chi connectivity index (χ4n) is 4.15. The summed E-state index contributed by atoms with van der Waals surface area (Å²) in [5.74, 6) is 0.370. The van der Waals surface area contributed by atoms with Crippen LogP contribution in [0.5, 0.6) is 11.5 Å². The van der Waals surface area contributed by atoms with Gasteiger partial charge in [0.05, 0.1) is 24.3 Å². The molecule has 41 heavy (non-hydrogen) atoms. The standard InChI is InChI=1S/C31H39N3O6S/c1-6-20-32-31(36)24(4)33(21-25-10-14-27(39-5)15-11-25)30(35)22-34(26-12-8-23(3)9-13-26)41(37,38)29-18-16-28(17-19-29)40-7-2/h8-19,24H,6-7,20-22H2,1-5H3,(H,32,36). The molecule has 1 N–H and O–H groups in total. The number of rotatable bonds is 14. The molecule has 0 spiro atoms. The Morgan fingerprint density at radius 1 is 0.902 bits per heavy atom. The van der Waals surface area contributed by atoms with E-state index in [1.54, 1.807) is 62.6 Å². The lowest BCUT2D eigenvalue weighted by Crippen LogP contribution is -2.51. The van der Waals surface area contributed by atoms with Crippen molar-refractivity contribution in [2.75, 3.05) is 31.1 Å². The number of anilines is 1. The van der Waals surface area contributed by atoms with Gasteiger partial charge >= 0.3 is 0 Å². The number of ether oxygens (including phenoxy) is 2. The molecule has 0 aromatic heterocycles. The first-order valence-electron chi connectivity index (χ1n) is 13.6. The molecule has 0 bridgehead atoms. The van der Waals surface area contributed by atoms with Crippen molar-refractivity contribution in [1.82, 2.24) is 10.2 Å². The van der Waals surface area contributed by atoms with E-state index in [1.165, 1.54) is 17.0 Å². The van der Waals surface area contributed by atoms with E-state index in [4.69, 9.17) is 9.47 Å². The van der Waals surface area contributed by atoms with E-state index in [1.807, 2.05) is 32.9 Å². The minimum Gasteiger partial charge on any atom is -0.497 e. The number of carbonyl (C=O) groups excluding carboxylic acids is 2. The van der Waals surface area contributed by atoms with E-state index in [9.17, 15) is 18.0 Å². The van der Waals surface area contributed by atoms with E-state index in [0.717, 1.165) is 21.9 Å². The highest BCUT2D eigenvalue weighted by Gasteiger charge is 2.32. The Hall–Kier alpha value is -4.05.